The summed E-state index contributed by atoms with van der Waals surface area (Å²) in [4.78, 5) is 10.2. The molecule has 1 aliphatic heterocycles. The molecule has 158 valence electrons. The van der Waals surface area contributed by atoms with Crippen LogP contribution in [0.5, 0.6) is 0 Å². The van der Waals surface area contributed by atoms with Gasteiger partial charge in [0.2, 0.25) is 0 Å². The minimum absolute atomic E-state index is 0.0199. The molecule has 9 heteroatoms. The zero-order chi connectivity index (χ0) is 21.0. The molecule has 1 aliphatic rings. The molecule has 1 saturated heterocycles. The third-order valence-corrected chi connectivity index (χ3v) is 5.19. The van der Waals surface area contributed by atoms with Crippen LogP contribution < -0.4 is 5.32 Å². The number of aromatic nitrogens is 2. The molecule has 29 heavy (non-hydrogen) atoms. The lowest BCUT2D eigenvalue weighted by Gasteiger charge is -2.31. The summed E-state index contributed by atoms with van der Waals surface area (Å²) in [6, 6.07) is 2.91. The SMILES string of the molecule is C[C@@H](CCO)Nc1cc(Cl)ncc1-c1ncc(CN2CCC(F)(F)CC2)cc1F. The number of piperidine rings is 1. The van der Waals surface area contributed by atoms with Gasteiger partial charge in [0.25, 0.3) is 5.92 Å². The van der Waals surface area contributed by atoms with Gasteiger partial charge in [0, 0.05) is 68.8 Å². The van der Waals surface area contributed by atoms with Crippen LogP contribution in [0.25, 0.3) is 11.3 Å². The number of anilines is 1. The number of hydrogen-bond acceptors (Lipinski definition) is 5. The highest BCUT2D eigenvalue weighted by Gasteiger charge is 2.33. The first-order valence-corrected chi connectivity index (χ1v) is 9.93. The largest absolute Gasteiger partial charge is 0.396 e. The topological polar surface area (TPSA) is 61.3 Å². The fourth-order valence-corrected chi connectivity index (χ4v) is 3.49. The summed E-state index contributed by atoms with van der Waals surface area (Å²) < 4.78 is 41.4. The standard InChI is InChI=1S/C20H24ClF3N4O/c1-13(2-7-29)27-17-9-18(21)25-11-15(17)19-16(22)8-14(10-26-19)12-28-5-3-20(23,24)4-6-28/h8-11,13,29H,2-7,12H2,1H3,(H,25,27)/t13-/m0/s1. The highest BCUT2D eigenvalue weighted by Crippen LogP contribution is 2.32. The van der Waals surface area contributed by atoms with E-state index >= 15 is 0 Å². The fraction of sp³-hybridized carbons (Fsp3) is 0.500. The highest BCUT2D eigenvalue weighted by atomic mass is 35.5. The molecular formula is C20H24ClF3N4O. The number of nitrogens with one attached hydrogen (secondary N) is 1. The van der Waals surface area contributed by atoms with Gasteiger partial charge in [-0.25, -0.2) is 18.2 Å². The normalized spacial score (nSPS) is 17.9. The zero-order valence-electron chi connectivity index (χ0n) is 16.1. The van der Waals surface area contributed by atoms with Gasteiger partial charge in [-0.3, -0.25) is 9.88 Å². The van der Waals surface area contributed by atoms with Crippen molar-refractivity contribution < 1.29 is 18.3 Å². The Bertz CT molecular complexity index is 842. The number of nitrogens with zero attached hydrogens (tertiary/aromatic N) is 3. The van der Waals surface area contributed by atoms with Gasteiger partial charge in [-0.05, 0) is 31.0 Å². The van der Waals surface area contributed by atoms with E-state index in [2.05, 4.69) is 15.3 Å². The van der Waals surface area contributed by atoms with E-state index in [1.165, 1.54) is 12.3 Å². The number of alkyl halides is 2. The van der Waals surface area contributed by atoms with Crippen molar-refractivity contribution in [3.63, 3.8) is 0 Å². The van der Waals surface area contributed by atoms with Crippen molar-refractivity contribution in [3.8, 4) is 11.3 Å². The summed E-state index contributed by atoms with van der Waals surface area (Å²) >= 11 is 5.98. The van der Waals surface area contributed by atoms with Crippen LogP contribution in [0.2, 0.25) is 5.15 Å². The van der Waals surface area contributed by atoms with Gasteiger partial charge in [0.1, 0.15) is 16.7 Å². The predicted octanol–water partition coefficient (Wildman–Crippen LogP) is 4.35. The molecule has 0 saturated carbocycles. The number of rotatable bonds is 7. The number of pyridine rings is 2. The lowest BCUT2D eigenvalue weighted by molar-refractivity contribution is -0.0566. The van der Waals surface area contributed by atoms with Crippen LogP contribution in [0, 0.1) is 5.82 Å². The third kappa shape index (κ3) is 5.81. The smallest absolute Gasteiger partial charge is 0.250 e. The Hall–Kier alpha value is -1.90. The van der Waals surface area contributed by atoms with Gasteiger partial charge in [-0.1, -0.05) is 11.6 Å². The minimum atomic E-state index is -2.61. The zero-order valence-corrected chi connectivity index (χ0v) is 16.9. The number of likely N-dealkylation sites (tertiary alicyclic amines) is 1. The van der Waals surface area contributed by atoms with Crippen LogP contribution >= 0.6 is 11.6 Å². The molecule has 5 nitrogen and oxygen atoms in total. The van der Waals surface area contributed by atoms with Gasteiger partial charge in [-0.2, -0.15) is 0 Å². The molecule has 0 unspecified atom stereocenters. The highest BCUT2D eigenvalue weighted by molar-refractivity contribution is 6.29. The quantitative estimate of drug-likeness (QED) is 0.642. The van der Waals surface area contributed by atoms with E-state index in [4.69, 9.17) is 16.7 Å². The molecule has 0 amide bonds. The molecule has 2 N–H and O–H groups in total. The van der Waals surface area contributed by atoms with Crippen LogP contribution in [-0.2, 0) is 6.54 Å². The van der Waals surface area contributed by atoms with Crippen LogP contribution in [-0.4, -0.2) is 51.6 Å². The first kappa shape index (κ1) is 21.8. The van der Waals surface area contributed by atoms with E-state index in [1.807, 2.05) is 11.8 Å². The molecule has 0 aromatic carbocycles. The second-order valence-electron chi connectivity index (χ2n) is 7.42. The molecule has 0 radical (unpaired) electrons. The van der Waals surface area contributed by atoms with Crippen LogP contribution in [0.1, 0.15) is 31.7 Å². The van der Waals surface area contributed by atoms with Gasteiger partial charge >= 0.3 is 0 Å². The average Bonchev–Trinajstić information content (AvgIpc) is 2.65. The Morgan fingerprint density at radius 3 is 2.62 bits per heavy atom. The molecule has 2 aromatic heterocycles. The Morgan fingerprint density at radius 1 is 1.24 bits per heavy atom. The lowest BCUT2D eigenvalue weighted by Crippen LogP contribution is -2.38. The van der Waals surface area contributed by atoms with E-state index in [9.17, 15) is 13.2 Å². The van der Waals surface area contributed by atoms with Crippen LogP contribution in [0.3, 0.4) is 0 Å². The van der Waals surface area contributed by atoms with Gasteiger partial charge < -0.3 is 10.4 Å². The summed E-state index contributed by atoms with van der Waals surface area (Å²) in [5.41, 5.74) is 1.78. The van der Waals surface area contributed by atoms with Gasteiger partial charge in [-0.15, -0.1) is 0 Å². The maximum absolute atomic E-state index is 14.8. The monoisotopic (exact) mass is 428 g/mol. The Balaban J connectivity index is 1.78. The van der Waals surface area contributed by atoms with Crippen LogP contribution in [0.4, 0.5) is 18.9 Å². The Labute approximate surface area is 172 Å². The fourth-order valence-electron chi connectivity index (χ4n) is 3.33. The Kier molecular flexibility index (Phi) is 6.97. The number of aliphatic hydroxyl groups excluding tert-OH is 1. The van der Waals surface area contributed by atoms with Crippen molar-refractivity contribution >= 4 is 17.3 Å². The van der Waals surface area contributed by atoms with Crippen molar-refractivity contribution in [1.82, 2.24) is 14.9 Å². The van der Waals surface area contributed by atoms with E-state index in [0.717, 1.165) is 0 Å². The molecule has 1 fully saturated rings. The van der Waals surface area contributed by atoms with Crippen molar-refractivity contribution in [1.29, 1.82) is 0 Å². The second kappa shape index (κ2) is 9.28. The summed E-state index contributed by atoms with van der Waals surface area (Å²) in [5.74, 6) is -3.13. The second-order valence-corrected chi connectivity index (χ2v) is 7.80. The van der Waals surface area contributed by atoms with Crippen molar-refractivity contribution in [2.24, 2.45) is 0 Å². The molecule has 3 heterocycles. The van der Waals surface area contributed by atoms with E-state index in [1.54, 1.807) is 12.3 Å². The summed E-state index contributed by atoms with van der Waals surface area (Å²) in [7, 11) is 0. The Morgan fingerprint density at radius 2 is 1.97 bits per heavy atom. The average molecular weight is 429 g/mol. The van der Waals surface area contributed by atoms with E-state index in [-0.39, 0.29) is 49.4 Å². The van der Waals surface area contributed by atoms with Gasteiger partial charge in [0.05, 0.1) is 0 Å². The first-order valence-electron chi connectivity index (χ1n) is 9.55. The maximum atomic E-state index is 14.8. The minimum Gasteiger partial charge on any atom is -0.396 e. The molecule has 0 bridgehead atoms. The van der Waals surface area contributed by atoms with Gasteiger partial charge in [0.15, 0.2) is 0 Å². The molecule has 0 aliphatic carbocycles. The molecule has 2 aromatic rings. The summed E-state index contributed by atoms with van der Waals surface area (Å²) in [6.07, 6.45) is 3.16. The first-order chi connectivity index (χ1) is 13.8. The number of hydrogen-bond donors (Lipinski definition) is 2. The molecule has 0 spiro atoms. The third-order valence-electron chi connectivity index (χ3n) is 4.98. The van der Waals surface area contributed by atoms with Crippen molar-refractivity contribution in [2.75, 3.05) is 25.0 Å². The number of halogens is 4. The summed E-state index contributed by atoms with van der Waals surface area (Å²) in [6.45, 7) is 2.83. The van der Waals surface area contributed by atoms with E-state index < -0.39 is 11.7 Å². The molecular weight excluding hydrogens is 405 g/mol. The predicted molar refractivity (Wildman–Crippen MR) is 107 cm³/mol. The maximum Gasteiger partial charge on any atom is 0.250 e. The number of aliphatic hydroxyl groups is 1. The summed E-state index contributed by atoms with van der Waals surface area (Å²) in [5, 5.41) is 12.5. The lowest BCUT2D eigenvalue weighted by atomic mass is 10.1. The van der Waals surface area contributed by atoms with E-state index in [0.29, 0.717) is 29.8 Å². The van der Waals surface area contributed by atoms with Crippen molar-refractivity contribution in [2.45, 2.75) is 44.7 Å². The van der Waals surface area contributed by atoms with Crippen LogP contribution in [0.15, 0.2) is 24.5 Å². The van der Waals surface area contributed by atoms with Crippen molar-refractivity contribution in [3.05, 3.63) is 41.1 Å². The molecule has 3 rings (SSSR count). The molecule has 1 atom stereocenters.